The number of carbonyl (C=O) groups is 2. The number of Topliss-reactive ketones (excluding diaryl/α,β-unsaturated/α-hetero) is 1. The van der Waals surface area contributed by atoms with E-state index in [-0.39, 0.29) is 12.2 Å². The molecule has 5 nitrogen and oxygen atoms in total. The second-order valence-corrected chi connectivity index (χ2v) is 3.30. The van der Waals surface area contributed by atoms with Crippen LogP contribution in [0.5, 0.6) is 5.75 Å². The van der Waals surface area contributed by atoms with Gasteiger partial charge in [0.05, 0.1) is 7.11 Å². The van der Waals surface area contributed by atoms with Crippen molar-refractivity contribution in [1.29, 1.82) is 0 Å². The van der Waals surface area contributed by atoms with Crippen molar-refractivity contribution in [2.24, 2.45) is 5.73 Å². The van der Waals surface area contributed by atoms with Crippen molar-refractivity contribution in [3.63, 3.8) is 0 Å². The summed E-state index contributed by atoms with van der Waals surface area (Å²) in [5.74, 6) is -0.945. The number of carbonyl (C=O) groups excluding carboxylic acids is 1. The van der Waals surface area contributed by atoms with Gasteiger partial charge in [0.2, 0.25) is 0 Å². The van der Waals surface area contributed by atoms with Crippen molar-refractivity contribution in [2.45, 2.75) is 12.5 Å². The molecule has 0 fully saturated rings. The van der Waals surface area contributed by atoms with E-state index in [4.69, 9.17) is 15.6 Å². The molecule has 1 atom stereocenters. The van der Waals surface area contributed by atoms with Gasteiger partial charge in [-0.3, -0.25) is 9.59 Å². The molecule has 0 radical (unpaired) electrons. The van der Waals surface area contributed by atoms with Crippen molar-refractivity contribution in [2.75, 3.05) is 7.11 Å². The summed E-state index contributed by atoms with van der Waals surface area (Å²) in [4.78, 5) is 22.1. The van der Waals surface area contributed by atoms with Crippen LogP contribution in [-0.2, 0) is 4.79 Å². The number of methoxy groups -OCH3 is 1. The molecule has 0 aliphatic rings. The summed E-state index contributed by atoms with van der Waals surface area (Å²) >= 11 is 0. The fraction of sp³-hybridized carbons (Fsp3) is 0.273. The third-order valence-corrected chi connectivity index (χ3v) is 2.11. The highest BCUT2D eigenvalue weighted by atomic mass is 16.5. The maximum atomic E-state index is 11.6. The van der Waals surface area contributed by atoms with Crippen LogP contribution in [0.1, 0.15) is 16.8 Å². The number of nitrogens with two attached hydrogens (primary N) is 1. The van der Waals surface area contributed by atoms with Crippen LogP contribution in [0, 0.1) is 0 Å². The van der Waals surface area contributed by atoms with Crippen LogP contribution < -0.4 is 10.5 Å². The first-order chi connectivity index (χ1) is 7.54. The van der Waals surface area contributed by atoms with E-state index in [1.165, 1.54) is 7.11 Å². The maximum Gasteiger partial charge on any atom is 0.320 e. The maximum absolute atomic E-state index is 11.6. The summed E-state index contributed by atoms with van der Waals surface area (Å²) in [5.41, 5.74) is 5.67. The lowest BCUT2D eigenvalue weighted by Crippen LogP contribution is -2.32. The third kappa shape index (κ3) is 3.06. The number of hydrogen-bond acceptors (Lipinski definition) is 4. The van der Waals surface area contributed by atoms with Gasteiger partial charge in [0.25, 0.3) is 0 Å². The molecule has 0 saturated carbocycles. The van der Waals surface area contributed by atoms with Gasteiger partial charge in [0.1, 0.15) is 11.8 Å². The lowest BCUT2D eigenvalue weighted by atomic mass is 10.0. The highest BCUT2D eigenvalue weighted by Crippen LogP contribution is 2.14. The number of hydrogen-bond donors (Lipinski definition) is 2. The van der Waals surface area contributed by atoms with E-state index in [9.17, 15) is 9.59 Å². The Bertz CT molecular complexity index is 403. The molecule has 1 unspecified atom stereocenters. The molecular formula is C11H13NO4. The minimum Gasteiger partial charge on any atom is -0.497 e. The van der Waals surface area contributed by atoms with Gasteiger partial charge >= 0.3 is 5.97 Å². The van der Waals surface area contributed by atoms with Gasteiger partial charge < -0.3 is 15.6 Å². The summed E-state index contributed by atoms with van der Waals surface area (Å²) in [6.45, 7) is 0. The molecule has 0 heterocycles. The third-order valence-electron chi connectivity index (χ3n) is 2.11. The van der Waals surface area contributed by atoms with Gasteiger partial charge in [-0.2, -0.15) is 0 Å². The van der Waals surface area contributed by atoms with E-state index < -0.39 is 12.0 Å². The van der Waals surface area contributed by atoms with Gasteiger partial charge in [-0.1, -0.05) is 12.1 Å². The summed E-state index contributed by atoms with van der Waals surface area (Å²) in [6.07, 6.45) is -0.220. The van der Waals surface area contributed by atoms with Crippen LogP contribution in [0.2, 0.25) is 0 Å². The van der Waals surface area contributed by atoms with E-state index in [0.29, 0.717) is 11.3 Å². The minimum atomic E-state index is -1.18. The van der Waals surface area contributed by atoms with Gasteiger partial charge in [0, 0.05) is 12.0 Å². The Morgan fingerprint density at radius 1 is 1.50 bits per heavy atom. The zero-order valence-corrected chi connectivity index (χ0v) is 8.84. The molecule has 0 aromatic heterocycles. The SMILES string of the molecule is COc1cccc(C(=O)CC(N)C(=O)O)c1. The van der Waals surface area contributed by atoms with Crippen molar-refractivity contribution in [3.8, 4) is 5.75 Å². The van der Waals surface area contributed by atoms with Crippen LogP contribution in [0.15, 0.2) is 24.3 Å². The van der Waals surface area contributed by atoms with Crippen molar-refractivity contribution in [3.05, 3.63) is 29.8 Å². The van der Waals surface area contributed by atoms with Crippen LogP contribution in [0.3, 0.4) is 0 Å². The fourth-order valence-electron chi connectivity index (χ4n) is 1.20. The first kappa shape index (κ1) is 12.2. The normalized spacial score (nSPS) is 11.9. The Morgan fingerprint density at radius 3 is 2.75 bits per heavy atom. The monoisotopic (exact) mass is 223 g/mol. The average molecular weight is 223 g/mol. The summed E-state index contributed by atoms with van der Waals surface area (Å²) < 4.78 is 4.96. The van der Waals surface area contributed by atoms with Crippen molar-refractivity contribution < 1.29 is 19.4 Å². The number of aliphatic carboxylic acids is 1. The van der Waals surface area contributed by atoms with Gasteiger partial charge in [0.15, 0.2) is 5.78 Å². The summed E-state index contributed by atoms with van der Waals surface area (Å²) in [7, 11) is 1.49. The predicted molar refractivity (Wildman–Crippen MR) is 57.6 cm³/mol. The number of benzene rings is 1. The molecule has 5 heteroatoms. The number of ketones is 1. The number of ether oxygens (including phenoxy) is 1. The Balaban J connectivity index is 2.76. The molecule has 1 aromatic rings. The molecule has 0 amide bonds. The van der Waals surface area contributed by atoms with Crippen LogP contribution in [-0.4, -0.2) is 30.0 Å². The zero-order valence-electron chi connectivity index (χ0n) is 8.84. The van der Waals surface area contributed by atoms with Crippen LogP contribution >= 0.6 is 0 Å². The van der Waals surface area contributed by atoms with Gasteiger partial charge in [-0.25, -0.2) is 0 Å². The lowest BCUT2D eigenvalue weighted by Gasteiger charge is -2.06. The average Bonchev–Trinajstić information content (AvgIpc) is 2.28. The second kappa shape index (κ2) is 5.27. The number of carboxylic acids is 1. The zero-order chi connectivity index (χ0) is 12.1. The molecule has 1 rings (SSSR count). The minimum absolute atomic E-state index is 0.220. The quantitative estimate of drug-likeness (QED) is 0.716. The molecular weight excluding hydrogens is 210 g/mol. The Labute approximate surface area is 92.8 Å². The molecule has 1 aromatic carbocycles. The van der Waals surface area contributed by atoms with E-state index >= 15 is 0 Å². The summed E-state index contributed by atoms with van der Waals surface area (Å²) in [6, 6.07) is 5.35. The second-order valence-electron chi connectivity index (χ2n) is 3.30. The standard InChI is InChI=1S/C11H13NO4/c1-16-8-4-2-3-7(5-8)10(13)6-9(12)11(14)15/h2-5,9H,6,12H2,1H3,(H,14,15). The fourth-order valence-corrected chi connectivity index (χ4v) is 1.20. The molecule has 3 N–H and O–H groups in total. The Hall–Kier alpha value is -1.88. The smallest absolute Gasteiger partial charge is 0.320 e. The number of carboxylic acid groups (broad SMARTS) is 1. The van der Waals surface area contributed by atoms with Gasteiger partial charge in [-0.15, -0.1) is 0 Å². The van der Waals surface area contributed by atoms with Crippen molar-refractivity contribution >= 4 is 11.8 Å². The highest BCUT2D eigenvalue weighted by Gasteiger charge is 2.17. The van der Waals surface area contributed by atoms with Crippen molar-refractivity contribution in [1.82, 2.24) is 0 Å². The largest absolute Gasteiger partial charge is 0.497 e. The Morgan fingerprint density at radius 2 is 2.19 bits per heavy atom. The first-order valence-electron chi connectivity index (χ1n) is 4.70. The molecule has 0 saturated heterocycles. The molecule has 0 bridgehead atoms. The lowest BCUT2D eigenvalue weighted by molar-refractivity contribution is -0.138. The van der Waals surface area contributed by atoms with Crippen LogP contribution in [0.4, 0.5) is 0 Å². The van der Waals surface area contributed by atoms with Gasteiger partial charge in [-0.05, 0) is 12.1 Å². The molecule has 0 aliphatic carbocycles. The van der Waals surface area contributed by atoms with E-state index in [1.807, 2.05) is 0 Å². The van der Waals surface area contributed by atoms with Crippen LogP contribution in [0.25, 0.3) is 0 Å². The molecule has 86 valence electrons. The van der Waals surface area contributed by atoms with E-state index in [1.54, 1.807) is 24.3 Å². The topological polar surface area (TPSA) is 89.6 Å². The molecule has 0 aliphatic heterocycles. The predicted octanol–water partition coefficient (Wildman–Crippen LogP) is 0.680. The highest BCUT2D eigenvalue weighted by molar-refractivity contribution is 5.98. The number of rotatable bonds is 5. The summed E-state index contributed by atoms with van der Waals surface area (Å²) in [5, 5.41) is 8.58. The van der Waals surface area contributed by atoms with E-state index in [0.717, 1.165) is 0 Å². The molecule has 16 heavy (non-hydrogen) atoms. The Kier molecular flexibility index (Phi) is 4.02. The molecule has 0 spiro atoms. The van der Waals surface area contributed by atoms with E-state index in [2.05, 4.69) is 0 Å². The first-order valence-corrected chi connectivity index (χ1v) is 4.70.